The Hall–Kier alpha value is -2.18. The van der Waals surface area contributed by atoms with Crippen molar-refractivity contribution in [2.75, 3.05) is 0 Å². The maximum Gasteiger partial charge on any atom is 0.241 e. The molecule has 5 nitrogen and oxygen atoms in total. The van der Waals surface area contributed by atoms with Crippen LogP contribution in [0.4, 0.5) is 0 Å². The molecule has 0 aliphatic carbocycles. The van der Waals surface area contributed by atoms with Crippen LogP contribution in [0.15, 0.2) is 47.5 Å². The number of aryl methyl sites for hydroxylation is 3. The molecule has 120 valence electrons. The molecule has 0 aliphatic rings. The standard InChI is InChI=1S/C17H19N3O2S/c1-12-7-8-16(13(2)9-12)23(21,22)18-10-15-11-20-14(3)5-4-6-17(20)19-15/h4-9,11,18H,10H2,1-3H3. The van der Waals surface area contributed by atoms with E-state index in [0.29, 0.717) is 10.6 Å². The zero-order chi connectivity index (χ0) is 16.6. The van der Waals surface area contributed by atoms with Crippen LogP contribution >= 0.6 is 0 Å². The van der Waals surface area contributed by atoms with Gasteiger partial charge in [0.15, 0.2) is 0 Å². The molecule has 6 heteroatoms. The lowest BCUT2D eigenvalue weighted by atomic mass is 10.2. The largest absolute Gasteiger partial charge is 0.304 e. The molecule has 0 spiro atoms. The molecule has 1 N–H and O–H groups in total. The van der Waals surface area contributed by atoms with Gasteiger partial charge in [0.25, 0.3) is 0 Å². The van der Waals surface area contributed by atoms with Gasteiger partial charge in [0.1, 0.15) is 5.65 Å². The van der Waals surface area contributed by atoms with E-state index in [1.807, 2.05) is 48.7 Å². The predicted molar refractivity (Wildman–Crippen MR) is 89.9 cm³/mol. The SMILES string of the molecule is Cc1ccc(S(=O)(=O)NCc2cn3c(C)cccc3n2)c(C)c1. The highest BCUT2D eigenvalue weighted by Crippen LogP contribution is 2.17. The number of hydrogen-bond donors (Lipinski definition) is 1. The minimum Gasteiger partial charge on any atom is -0.304 e. The number of nitrogens with one attached hydrogen (secondary N) is 1. The van der Waals surface area contributed by atoms with Gasteiger partial charge < -0.3 is 4.40 Å². The molecule has 0 unspecified atom stereocenters. The molecule has 2 aromatic heterocycles. The Labute approximate surface area is 136 Å². The molecule has 0 amide bonds. The number of hydrogen-bond acceptors (Lipinski definition) is 3. The first kappa shape index (κ1) is 15.7. The quantitative estimate of drug-likeness (QED) is 0.800. The van der Waals surface area contributed by atoms with Crippen LogP contribution in [0.25, 0.3) is 5.65 Å². The Morgan fingerprint density at radius 3 is 2.61 bits per heavy atom. The van der Waals surface area contributed by atoms with E-state index in [1.165, 1.54) is 0 Å². The number of imidazole rings is 1. The van der Waals surface area contributed by atoms with Gasteiger partial charge in [-0.05, 0) is 44.5 Å². The number of rotatable bonds is 4. The summed E-state index contributed by atoms with van der Waals surface area (Å²) < 4.78 is 29.5. The lowest BCUT2D eigenvalue weighted by molar-refractivity contribution is 0.580. The summed E-state index contributed by atoms with van der Waals surface area (Å²) in [6, 6.07) is 11.1. The van der Waals surface area contributed by atoms with Crippen molar-refractivity contribution in [1.29, 1.82) is 0 Å². The summed E-state index contributed by atoms with van der Waals surface area (Å²) in [4.78, 5) is 4.75. The van der Waals surface area contributed by atoms with Gasteiger partial charge in [0, 0.05) is 11.9 Å². The summed E-state index contributed by atoms with van der Waals surface area (Å²) >= 11 is 0. The highest BCUT2D eigenvalue weighted by molar-refractivity contribution is 7.89. The van der Waals surface area contributed by atoms with Crippen molar-refractivity contribution in [1.82, 2.24) is 14.1 Å². The van der Waals surface area contributed by atoms with E-state index in [4.69, 9.17) is 0 Å². The normalized spacial score (nSPS) is 12.0. The van der Waals surface area contributed by atoms with Crippen LogP contribution in [-0.2, 0) is 16.6 Å². The molecule has 23 heavy (non-hydrogen) atoms. The van der Waals surface area contributed by atoms with Crippen LogP contribution < -0.4 is 4.72 Å². The number of benzene rings is 1. The highest BCUT2D eigenvalue weighted by Gasteiger charge is 2.17. The van der Waals surface area contributed by atoms with E-state index >= 15 is 0 Å². The van der Waals surface area contributed by atoms with Gasteiger partial charge in [0.05, 0.1) is 17.1 Å². The van der Waals surface area contributed by atoms with Gasteiger partial charge in [-0.15, -0.1) is 0 Å². The average Bonchev–Trinajstić information content (AvgIpc) is 2.89. The predicted octanol–water partition coefficient (Wildman–Crippen LogP) is 2.74. The molecule has 0 atom stereocenters. The van der Waals surface area contributed by atoms with Crippen LogP contribution in [-0.4, -0.2) is 17.8 Å². The lowest BCUT2D eigenvalue weighted by Gasteiger charge is -2.09. The van der Waals surface area contributed by atoms with E-state index in [1.54, 1.807) is 19.1 Å². The van der Waals surface area contributed by atoms with Crippen LogP contribution in [0.2, 0.25) is 0 Å². The molecule has 0 aliphatic heterocycles. The van der Waals surface area contributed by atoms with Crippen LogP contribution in [0, 0.1) is 20.8 Å². The van der Waals surface area contributed by atoms with Crippen molar-refractivity contribution in [3.05, 3.63) is 65.1 Å². The highest BCUT2D eigenvalue weighted by atomic mass is 32.2. The van der Waals surface area contributed by atoms with Gasteiger partial charge in [0.2, 0.25) is 10.0 Å². The van der Waals surface area contributed by atoms with Gasteiger partial charge in [-0.3, -0.25) is 0 Å². The van der Waals surface area contributed by atoms with E-state index in [-0.39, 0.29) is 6.54 Å². The lowest BCUT2D eigenvalue weighted by Crippen LogP contribution is -2.24. The second kappa shape index (κ2) is 5.79. The van der Waals surface area contributed by atoms with Gasteiger partial charge >= 0.3 is 0 Å². The van der Waals surface area contributed by atoms with Crippen LogP contribution in [0.5, 0.6) is 0 Å². The van der Waals surface area contributed by atoms with Crippen molar-refractivity contribution in [3.8, 4) is 0 Å². The van der Waals surface area contributed by atoms with E-state index in [2.05, 4.69) is 9.71 Å². The molecule has 0 fully saturated rings. The van der Waals surface area contributed by atoms with Crippen molar-refractivity contribution in [2.24, 2.45) is 0 Å². The number of sulfonamides is 1. The first-order valence-corrected chi connectivity index (χ1v) is 8.86. The van der Waals surface area contributed by atoms with Crippen molar-refractivity contribution in [2.45, 2.75) is 32.2 Å². The van der Waals surface area contributed by atoms with E-state index < -0.39 is 10.0 Å². The van der Waals surface area contributed by atoms with Crippen molar-refractivity contribution < 1.29 is 8.42 Å². The summed E-state index contributed by atoms with van der Waals surface area (Å²) in [6.07, 6.45) is 1.86. The summed E-state index contributed by atoms with van der Waals surface area (Å²) in [5.74, 6) is 0. The van der Waals surface area contributed by atoms with Crippen LogP contribution in [0.1, 0.15) is 22.5 Å². The zero-order valence-corrected chi connectivity index (χ0v) is 14.2. The molecule has 0 saturated heterocycles. The zero-order valence-electron chi connectivity index (χ0n) is 13.4. The average molecular weight is 329 g/mol. The fraction of sp³-hybridized carbons (Fsp3) is 0.235. The molecule has 3 rings (SSSR count). The Kier molecular flexibility index (Phi) is 3.95. The Morgan fingerprint density at radius 1 is 1.13 bits per heavy atom. The molecule has 2 heterocycles. The third kappa shape index (κ3) is 3.13. The second-order valence-corrected chi connectivity index (χ2v) is 7.46. The Balaban J connectivity index is 1.84. The third-order valence-corrected chi connectivity index (χ3v) is 5.37. The molecule has 0 bridgehead atoms. The summed E-state index contributed by atoms with van der Waals surface area (Å²) in [7, 11) is -3.55. The summed E-state index contributed by atoms with van der Waals surface area (Å²) in [6.45, 7) is 5.89. The molecule has 0 saturated carbocycles. The topological polar surface area (TPSA) is 63.5 Å². The van der Waals surface area contributed by atoms with Gasteiger partial charge in [-0.25, -0.2) is 18.1 Å². The molecule has 1 aromatic carbocycles. The minimum absolute atomic E-state index is 0.163. The van der Waals surface area contributed by atoms with Crippen LogP contribution in [0.3, 0.4) is 0 Å². The third-order valence-electron chi connectivity index (χ3n) is 3.81. The Bertz CT molecular complexity index is 975. The van der Waals surface area contributed by atoms with E-state index in [0.717, 1.165) is 22.5 Å². The number of nitrogens with zero attached hydrogens (tertiary/aromatic N) is 2. The Morgan fingerprint density at radius 2 is 1.91 bits per heavy atom. The number of fused-ring (bicyclic) bond motifs is 1. The van der Waals surface area contributed by atoms with E-state index in [9.17, 15) is 8.42 Å². The molecule has 0 radical (unpaired) electrons. The number of aromatic nitrogens is 2. The molecular weight excluding hydrogens is 310 g/mol. The van der Waals surface area contributed by atoms with Gasteiger partial charge in [-0.2, -0.15) is 0 Å². The fourth-order valence-electron chi connectivity index (χ4n) is 2.63. The second-order valence-electron chi connectivity index (χ2n) is 5.72. The monoisotopic (exact) mass is 329 g/mol. The minimum atomic E-state index is -3.55. The fourth-order valence-corrected chi connectivity index (χ4v) is 3.85. The van der Waals surface area contributed by atoms with Crippen molar-refractivity contribution >= 4 is 15.7 Å². The number of pyridine rings is 1. The van der Waals surface area contributed by atoms with Gasteiger partial charge in [-0.1, -0.05) is 23.8 Å². The smallest absolute Gasteiger partial charge is 0.241 e. The maximum atomic E-state index is 12.5. The maximum absolute atomic E-state index is 12.5. The molecule has 3 aromatic rings. The summed E-state index contributed by atoms with van der Waals surface area (Å²) in [5.41, 5.74) is 4.33. The summed E-state index contributed by atoms with van der Waals surface area (Å²) in [5, 5.41) is 0. The first-order valence-electron chi connectivity index (χ1n) is 7.37. The molecular formula is C17H19N3O2S. The van der Waals surface area contributed by atoms with Crippen molar-refractivity contribution in [3.63, 3.8) is 0 Å². The first-order chi connectivity index (χ1) is 10.9.